The van der Waals surface area contributed by atoms with E-state index < -0.39 is 0 Å². The lowest BCUT2D eigenvalue weighted by Crippen LogP contribution is -2.32. The molecule has 1 saturated heterocycles. The van der Waals surface area contributed by atoms with Crippen LogP contribution in [0.4, 0.5) is 5.82 Å². The highest BCUT2D eigenvalue weighted by molar-refractivity contribution is 6.31. The van der Waals surface area contributed by atoms with Gasteiger partial charge in [-0.15, -0.1) is 0 Å². The first-order valence-corrected chi connectivity index (χ1v) is 6.28. The molecule has 1 saturated carbocycles. The van der Waals surface area contributed by atoms with Gasteiger partial charge in [0.1, 0.15) is 5.82 Å². The Labute approximate surface area is 101 Å². The fourth-order valence-corrected chi connectivity index (χ4v) is 3.16. The van der Waals surface area contributed by atoms with E-state index in [1.54, 1.807) is 0 Å². The molecule has 2 bridgehead atoms. The molecule has 0 amide bonds. The van der Waals surface area contributed by atoms with Crippen molar-refractivity contribution < 1.29 is 0 Å². The van der Waals surface area contributed by atoms with Gasteiger partial charge in [0.2, 0.25) is 0 Å². The lowest BCUT2D eigenvalue weighted by molar-refractivity contribution is 0.550. The van der Waals surface area contributed by atoms with Crippen LogP contribution in [0.3, 0.4) is 0 Å². The number of rotatable bonds is 2. The number of hydrogen-bond acceptors (Lipinski definition) is 3. The number of nitrogens with zero attached hydrogens (tertiary/aromatic N) is 2. The van der Waals surface area contributed by atoms with Gasteiger partial charge in [-0.3, -0.25) is 0 Å². The van der Waals surface area contributed by atoms with Crippen molar-refractivity contribution in [1.82, 2.24) is 4.98 Å². The standard InChI is InChI=1S/C12H16ClN3/c13-10-3-4-12(15-11(10)6-14)16-7-8-1-2-9(16)5-8/h3-4,8-9H,1-2,5-7,14H2. The van der Waals surface area contributed by atoms with Crippen molar-refractivity contribution in [1.29, 1.82) is 0 Å². The Kier molecular flexibility index (Phi) is 2.52. The van der Waals surface area contributed by atoms with Gasteiger partial charge in [0, 0.05) is 19.1 Å². The fraction of sp³-hybridized carbons (Fsp3) is 0.583. The van der Waals surface area contributed by atoms with Gasteiger partial charge >= 0.3 is 0 Å². The summed E-state index contributed by atoms with van der Waals surface area (Å²) >= 11 is 6.02. The SMILES string of the molecule is NCc1nc(N2CC3CCC2C3)ccc1Cl. The molecule has 2 N–H and O–H groups in total. The summed E-state index contributed by atoms with van der Waals surface area (Å²) in [6.45, 7) is 1.57. The average molecular weight is 238 g/mol. The lowest BCUT2D eigenvalue weighted by Gasteiger charge is -2.28. The largest absolute Gasteiger partial charge is 0.353 e. The van der Waals surface area contributed by atoms with E-state index in [2.05, 4.69) is 9.88 Å². The van der Waals surface area contributed by atoms with Crippen LogP contribution in [0.5, 0.6) is 0 Å². The third kappa shape index (κ3) is 1.59. The first-order valence-electron chi connectivity index (χ1n) is 5.90. The monoisotopic (exact) mass is 237 g/mol. The van der Waals surface area contributed by atoms with E-state index in [1.165, 1.54) is 19.3 Å². The van der Waals surface area contributed by atoms with Crippen molar-refractivity contribution in [2.75, 3.05) is 11.4 Å². The molecule has 0 aromatic carbocycles. The molecule has 2 atom stereocenters. The molecule has 2 unspecified atom stereocenters. The molecular formula is C12H16ClN3. The highest BCUT2D eigenvalue weighted by Crippen LogP contribution is 2.39. The summed E-state index contributed by atoms with van der Waals surface area (Å²) in [6, 6.07) is 4.63. The zero-order chi connectivity index (χ0) is 11.1. The van der Waals surface area contributed by atoms with Crippen LogP contribution < -0.4 is 10.6 Å². The molecular weight excluding hydrogens is 222 g/mol. The van der Waals surface area contributed by atoms with Crippen molar-refractivity contribution in [2.24, 2.45) is 11.7 Å². The van der Waals surface area contributed by atoms with Gasteiger partial charge in [-0.05, 0) is 37.3 Å². The number of fused-ring (bicyclic) bond motifs is 2. The van der Waals surface area contributed by atoms with Crippen LogP contribution in [0.15, 0.2) is 12.1 Å². The van der Waals surface area contributed by atoms with Crippen LogP contribution in [0.25, 0.3) is 0 Å². The predicted octanol–water partition coefficient (Wildman–Crippen LogP) is 2.18. The summed E-state index contributed by atoms with van der Waals surface area (Å²) in [5.74, 6) is 1.93. The molecule has 1 aromatic rings. The van der Waals surface area contributed by atoms with Crippen LogP contribution in [0.1, 0.15) is 25.0 Å². The number of halogens is 1. The zero-order valence-electron chi connectivity index (χ0n) is 9.19. The maximum Gasteiger partial charge on any atom is 0.129 e. The van der Waals surface area contributed by atoms with E-state index in [-0.39, 0.29) is 0 Å². The van der Waals surface area contributed by atoms with Crippen LogP contribution in [-0.4, -0.2) is 17.6 Å². The van der Waals surface area contributed by atoms with Crippen molar-refractivity contribution in [3.63, 3.8) is 0 Å². The maximum absolute atomic E-state index is 6.02. The highest BCUT2D eigenvalue weighted by Gasteiger charge is 2.38. The van der Waals surface area contributed by atoms with Crippen LogP contribution in [0, 0.1) is 5.92 Å². The van der Waals surface area contributed by atoms with Crippen molar-refractivity contribution in [2.45, 2.75) is 31.8 Å². The summed E-state index contributed by atoms with van der Waals surface area (Å²) in [6.07, 6.45) is 4.04. The third-order valence-corrected chi connectivity index (χ3v) is 4.14. The van der Waals surface area contributed by atoms with Gasteiger partial charge in [0.25, 0.3) is 0 Å². The summed E-state index contributed by atoms with van der Waals surface area (Å²) in [5.41, 5.74) is 6.44. The molecule has 1 aliphatic heterocycles. The van der Waals surface area contributed by atoms with E-state index in [4.69, 9.17) is 17.3 Å². The summed E-state index contributed by atoms with van der Waals surface area (Å²) in [5, 5.41) is 0.676. The van der Waals surface area contributed by atoms with Gasteiger partial charge in [0.05, 0.1) is 10.7 Å². The first-order chi connectivity index (χ1) is 7.78. The van der Waals surface area contributed by atoms with Gasteiger partial charge in [-0.25, -0.2) is 4.98 Å². The molecule has 3 rings (SSSR count). The quantitative estimate of drug-likeness (QED) is 0.858. The van der Waals surface area contributed by atoms with Gasteiger partial charge in [-0.2, -0.15) is 0 Å². The average Bonchev–Trinajstić information content (AvgIpc) is 2.91. The van der Waals surface area contributed by atoms with E-state index >= 15 is 0 Å². The van der Waals surface area contributed by atoms with Gasteiger partial charge in [0.15, 0.2) is 0 Å². The Morgan fingerprint density at radius 2 is 2.31 bits per heavy atom. The smallest absolute Gasteiger partial charge is 0.129 e. The fourth-order valence-electron chi connectivity index (χ4n) is 2.98. The molecule has 16 heavy (non-hydrogen) atoms. The second-order valence-corrected chi connectivity index (χ2v) is 5.19. The Hall–Kier alpha value is -0.800. The van der Waals surface area contributed by atoms with E-state index in [0.717, 1.165) is 24.0 Å². The maximum atomic E-state index is 6.02. The molecule has 1 aromatic heterocycles. The number of aromatic nitrogens is 1. The Morgan fingerprint density at radius 1 is 1.44 bits per heavy atom. The van der Waals surface area contributed by atoms with E-state index in [0.29, 0.717) is 17.6 Å². The minimum atomic E-state index is 0.411. The van der Waals surface area contributed by atoms with Gasteiger partial charge in [-0.1, -0.05) is 11.6 Å². The van der Waals surface area contributed by atoms with E-state index in [1.807, 2.05) is 12.1 Å². The molecule has 4 heteroatoms. The number of piperidine rings is 1. The first kappa shape index (κ1) is 10.4. The molecule has 0 spiro atoms. The molecule has 86 valence electrons. The van der Waals surface area contributed by atoms with Crippen molar-refractivity contribution in [3.05, 3.63) is 22.8 Å². The molecule has 2 aliphatic rings. The summed E-state index contributed by atoms with van der Waals surface area (Å²) in [7, 11) is 0. The minimum Gasteiger partial charge on any atom is -0.353 e. The normalized spacial score (nSPS) is 27.8. The molecule has 2 fully saturated rings. The number of hydrogen-bond donors (Lipinski definition) is 1. The Bertz CT molecular complexity index is 407. The van der Waals surface area contributed by atoms with E-state index in [9.17, 15) is 0 Å². The summed E-state index contributed by atoms with van der Waals surface area (Å²) in [4.78, 5) is 6.98. The van der Waals surface area contributed by atoms with Crippen LogP contribution in [0.2, 0.25) is 5.02 Å². The predicted molar refractivity (Wildman–Crippen MR) is 65.6 cm³/mol. The van der Waals surface area contributed by atoms with Crippen LogP contribution >= 0.6 is 11.6 Å². The van der Waals surface area contributed by atoms with Gasteiger partial charge < -0.3 is 10.6 Å². The number of nitrogens with two attached hydrogens (primary N) is 1. The number of pyridine rings is 1. The topological polar surface area (TPSA) is 42.1 Å². The second kappa shape index (κ2) is 3.90. The second-order valence-electron chi connectivity index (χ2n) is 4.79. The van der Waals surface area contributed by atoms with Crippen molar-refractivity contribution >= 4 is 17.4 Å². The highest BCUT2D eigenvalue weighted by atomic mass is 35.5. The van der Waals surface area contributed by atoms with Crippen molar-refractivity contribution in [3.8, 4) is 0 Å². The Morgan fingerprint density at radius 3 is 2.94 bits per heavy atom. The minimum absolute atomic E-state index is 0.411. The molecule has 0 radical (unpaired) electrons. The lowest BCUT2D eigenvalue weighted by atomic mass is 10.1. The Balaban J connectivity index is 1.89. The molecule has 1 aliphatic carbocycles. The molecule has 3 nitrogen and oxygen atoms in total. The molecule has 2 heterocycles. The zero-order valence-corrected chi connectivity index (χ0v) is 9.95. The summed E-state index contributed by atoms with van der Waals surface area (Å²) < 4.78 is 0. The van der Waals surface area contributed by atoms with Crippen LogP contribution in [-0.2, 0) is 6.54 Å². The number of anilines is 1. The third-order valence-electron chi connectivity index (χ3n) is 3.80.